The van der Waals surface area contributed by atoms with Crippen LogP contribution in [0.15, 0.2) is 22.7 Å². The number of nitrogens with one attached hydrogen (secondary N) is 1. The number of halogens is 2. The van der Waals surface area contributed by atoms with Crippen molar-refractivity contribution < 1.29 is 14.3 Å². The van der Waals surface area contributed by atoms with Crippen molar-refractivity contribution in [2.45, 2.75) is 26.4 Å². The largest absolute Gasteiger partial charge is 0.391 e. The third-order valence-corrected chi connectivity index (χ3v) is 3.09. The lowest BCUT2D eigenvalue weighted by molar-refractivity contribution is 0.0895. The Morgan fingerprint density at radius 1 is 1.50 bits per heavy atom. The zero-order valence-corrected chi connectivity index (χ0v) is 12.0. The molecule has 0 aliphatic rings. The Labute approximate surface area is 115 Å². The van der Waals surface area contributed by atoms with E-state index < -0.39 is 17.8 Å². The van der Waals surface area contributed by atoms with Crippen molar-refractivity contribution in [2.24, 2.45) is 5.92 Å². The van der Waals surface area contributed by atoms with Gasteiger partial charge < -0.3 is 10.4 Å². The molecule has 0 radical (unpaired) electrons. The highest BCUT2D eigenvalue weighted by molar-refractivity contribution is 9.10. The third kappa shape index (κ3) is 4.38. The Hall–Kier alpha value is -0.940. The third-order valence-electron chi connectivity index (χ3n) is 2.43. The maximum atomic E-state index is 13.5. The first kappa shape index (κ1) is 15.1. The van der Waals surface area contributed by atoms with Gasteiger partial charge in [-0.3, -0.25) is 4.79 Å². The summed E-state index contributed by atoms with van der Waals surface area (Å²) in [6.07, 6.45) is -0.0156. The van der Waals surface area contributed by atoms with Crippen LogP contribution in [0.4, 0.5) is 4.39 Å². The molecule has 0 aliphatic carbocycles. The van der Waals surface area contributed by atoms with E-state index in [0.29, 0.717) is 16.8 Å². The molecule has 1 atom stereocenters. The van der Waals surface area contributed by atoms with Crippen LogP contribution in [-0.4, -0.2) is 23.7 Å². The molecular weight excluding hydrogens is 301 g/mol. The maximum Gasteiger partial charge on any atom is 0.255 e. The minimum atomic E-state index is -0.612. The first-order valence-corrected chi connectivity index (χ1v) is 6.61. The Balaban J connectivity index is 2.61. The lowest BCUT2D eigenvalue weighted by Gasteiger charge is -2.14. The van der Waals surface area contributed by atoms with E-state index in [1.807, 2.05) is 13.8 Å². The highest BCUT2D eigenvalue weighted by Crippen LogP contribution is 2.19. The summed E-state index contributed by atoms with van der Waals surface area (Å²) in [6.45, 7) is 4.09. The van der Waals surface area contributed by atoms with E-state index in [1.165, 1.54) is 12.1 Å². The number of aliphatic hydroxyl groups is 1. The van der Waals surface area contributed by atoms with Crippen LogP contribution in [0.2, 0.25) is 0 Å². The summed E-state index contributed by atoms with van der Waals surface area (Å²) >= 11 is 3.13. The average Bonchev–Trinajstić information content (AvgIpc) is 2.25. The SMILES string of the molecule is CC(C)CC(O)CNC(=O)c1c(F)cccc1Br. The Bertz CT molecular complexity index is 403. The van der Waals surface area contributed by atoms with E-state index in [0.717, 1.165) is 0 Å². The van der Waals surface area contributed by atoms with E-state index >= 15 is 0 Å². The molecule has 1 unspecified atom stereocenters. The Morgan fingerprint density at radius 3 is 2.72 bits per heavy atom. The summed E-state index contributed by atoms with van der Waals surface area (Å²) < 4.78 is 13.9. The minimum Gasteiger partial charge on any atom is -0.391 e. The van der Waals surface area contributed by atoms with Crippen LogP contribution in [0, 0.1) is 11.7 Å². The summed E-state index contributed by atoms with van der Waals surface area (Å²) in [4.78, 5) is 11.8. The number of amides is 1. The molecule has 0 spiro atoms. The maximum absolute atomic E-state index is 13.5. The number of aliphatic hydroxyl groups excluding tert-OH is 1. The van der Waals surface area contributed by atoms with Crippen LogP contribution in [0.3, 0.4) is 0 Å². The summed E-state index contributed by atoms with van der Waals surface area (Å²) in [6, 6.07) is 4.34. The molecule has 0 aromatic heterocycles. The fourth-order valence-electron chi connectivity index (χ4n) is 1.64. The lowest BCUT2D eigenvalue weighted by atomic mass is 10.1. The van der Waals surface area contributed by atoms with Gasteiger partial charge in [0.1, 0.15) is 5.82 Å². The molecule has 0 bridgehead atoms. The quantitative estimate of drug-likeness (QED) is 0.877. The van der Waals surface area contributed by atoms with Crippen LogP contribution in [0.5, 0.6) is 0 Å². The minimum absolute atomic E-state index is 0.0331. The number of hydrogen-bond donors (Lipinski definition) is 2. The smallest absolute Gasteiger partial charge is 0.255 e. The van der Waals surface area contributed by atoms with Gasteiger partial charge in [0.2, 0.25) is 0 Å². The topological polar surface area (TPSA) is 49.3 Å². The predicted octanol–water partition coefficient (Wildman–Crippen LogP) is 2.73. The molecule has 0 saturated carbocycles. The number of benzene rings is 1. The van der Waals surface area contributed by atoms with Crippen molar-refractivity contribution in [3.63, 3.8) is 0 Å². The first-order chi connectivity index (χ1) is 8.41. The van der Waals surface area contributed by atoms with Crippen molar-refractivity contribution in [1.82, 2.24) is 5.32 Å². The predicted molar refractivity (Wildman–Crippen MR) is 71.9 cm³/mol. The second kappa shape index (κ2) is 6.85. The van der Waals surface area contributed by atoms with E-state index in [4.69, 9.17) is 0 Å². The van der Waals surface area contributed by atoms with Crippen LogP contribution in [0.25, 0.3) is 0 Å². The second-order valence-electron chi connectivity index (χ2n) is 4.59. The van der Waals surface area contributed by atoms with Gasteiger partial charge in [0, 0.05) is 11.0 Å². The van der Waals surface area contributed by atoms with Gasteiger partial charge >= 0.3 is 0 Å². The van der Waals surface area contributed by atoms with E-state index in [1.54, 1.807) is 6.07 Å². The van der Waals surface area contributed by atoms with Crippen LogP contribution < -0.4 is 5.32 Å². The highest BCUT2D eigenvalue weighted by atomic mass is 79.9. The molecule has 100 valence electrons. The normalized spacial score (nSPS) is 12.6. The van der Waals surface area contributed by atoms with Crippen molar-refractivity contribution in [1.29, 1.82) is 0 Å². The van der Waals surface area contributed by atoms with Crippen molar-refractivity contribution in [2.75, 3.05) is 6.54 Å². The number of carbonyl (C=O) groups is 1. The van der Waals surface area contributed by atoms with Crippen molar-refractivity contribution >= 4 is 21.8 Å². The molecule has 0 saturated heterocycles. The van der Waals surface area contributed by atoms with Gasteiger partial charge in [-0.2, -0.15) is 0 Å². The second-order valence-corrected chi connectivity index (χ2v) is 5.44. The van der Waals surface area contributed by atoms with E-state index in [-0.39, 0.29) is 12.1 Å². The Kier molecular flexibility index (Phi) is 5.75. The van der Waals surface area contributed by atoms with Gasteiger partial charge in [-0.15, -0.1) is 0 Å². The summed E-state index contributed by atoms with van der Waals surface area (Å²) in [7, 11) is 0. The van der Waals surface area contributed by atoms with Crippen molar-refractivity contribution in [3.8, 4) is 0 Å². The molecule has 1 amide bonds. The average molecular weight is 318 g/mol. The molecule has 18 heavy (non-hydrogen) atoms. The van der Waals surface area contributed by atoms with Crippen LogP contribution in [0.1, 0.15) is 30.6 Å². The monoisotopic (exact) mass is 317 g/mol. The van der Waals surface area contributed by atoms with Gasteiger partial charge in [-0.25, -0.2) is 4.39 Å². The molecule has 0 fully saturated rings. The molecular formula is C13H17BrFNO2. The van der Waals surface area contributed by atoms with Gasteiger partial charge in [-0.05, 0) is 40.4 Å². The highest BCUT2D eigenvalue weighted by Gasteiger charge is 2.16. The summed E-state index contributed by atoms with van der Waals surface area (Å²) in [5, 5.41) is 12.2. The molecule has 1 rings (SSSR count). The molecule has 5 heteroatoms. The Morgan fingerprint density at radius 2 is 2.17 bits per heavy atom. The zero-order chi connectivity index (χ0) is 13.7. The van der Waals surface area contributed by atoms with Gasteiger partial charge in [-0.1, -0.05) is 19.9 Å². The summed E-state index contributed by atoms with van der Waals surface area (Å²) in [5.74, 6) is -0.764. The van der Waals surface area contributed by atoms with Crippen LogP contribution in [-0.2, 0) is 0 Å². The fourth-order valence-corrected chi connectivity index (χ4v) is 2.16. The fraction of sp³-hybridized carbons (Fsp3) is 0.462. The van der Waals surface area contributed by atoms with Gasteiger partial charge in [0.15, 0.2) is 0 Å². The molecule has 0 aliphatic heterocycles. The summed E-state index contributed by atoms with van der Waals surface area (Å²) in [5.41, 5.74) is -0.0331. The van der Waals surface area contributed by atoms with Crippen LogP contribution >= 0.6 is 15.9 Å². The van der Waals surface area contributed by atoms with E-state index in [2.05, 4.69) is 21.2 Å². The molecule has 1 aromatic rings. The number of carbonyl (C=O) groups excluding carboxylic acids is 1. The number of hydrogen-bond acceptors (Lipinski definition) is 2. The van der Waals surface area contributed by atoms with Gasteiger partial charge in [0.05, 0.1) is 11.7 Å². The zero-order valence-electron chi connectivity index (χ0n) is 10.4. The molecule has 3 nitrogen and oxygen atoms in total. The standard InChI is InChI=1S/C13H17BrFNO2/c1-8(2)6-9(17)7-16-13(18)12-10(14)4-3-5-11(12)15/h3-5,8-9,17H,6-7H2,1-2H3,(H,16,18). The first-order valence-electron chi connectivity index (χ1n) is 5.82. The van der Waals surface area contributed by atoms with Crippen molar-refractivity contribution in [3.05, 3.63) is 34.1 Å². The molecule has 0 heterocycles. The van der Waals surface area contributed by atoms with E-state index in [9.17, 15) is 14.3 Å². The molecule has 2 N–H and O–H groups in total. The molecule has 1 aromatic carbocycles. The number of rotatable bonds is 5. The van der Waals surface area contributed by atoms with Gasteiger partial charge in [0.25, 0.3) is 5.91 Å². The lowest BCUT2D eigenvalue weighted by Crippen LogP contribution is -2.33.